The van der Waals surface area contributed by atoms with Crippen molar-refractivity contribution >= 4 is 66.7 Å². The van der Waals surface area contributed by atoms with Crippen LogP contribution in [0.3, 0.4) is 0 Å². The molecule has 0 bridgehead atoms. The monoisotopic (exact) mass is 870 g/mol. The van der Waals surface area contributed by atoms with Crippen LogP contribution in [0.15, 0.2) is 206 Å². The summed E-state index contributed by atoms with van der Waals surface area (Å²) in [5, 5.41) is 5.03. The van der Waals surface area contributed by atoms with E-state index in [-0.39, 0.29) is 6.71 Å². The molecule has 2 aliphatic rings. The van der Waals surface area contributed by atoms with Gasteiger partial charge in [0.05, 0.1) is 22.1 Å². The Morgan fingerprint density at radius 1 is 0.338 bits per heavy atom. The van der Waals surface area contributed by atoms with E-state index in [1.807, 2.05) is 0 Å². The molecule has 5 heteroatoms. The maximum atomic E-state index is 7.05. The van der Waals surface area contributed by atoms with Crippen molar-refractivity contribution in [1.29, 1.82) is 0 Å². The molecule has 12 aromatic rings. The Morgan fingerprint density at radius 2 is 0.691 bits per heavy atom. The number of hydrogen-bond donors (Lipinski definition) is 0. The van der Waals surface area contributed by atoms with E-state index in [9.17, 15) is 0 Å². The van der Waals surface area contributed by atoms with Crippen molar-refractivity contribution < 1.29 is 9.47 Å². The standard InChI is InChI=1S/C63H43BN2O2/c1-38-32-39(2)62(40(3)33-38)45-36-60-63-61(37-45)68-59-35-44(42-22-28-47(29-23-42)66-56-18-10-6-14-50(56)51-15-7-11-19-57(51)66)25-31-53(59)64(63)52-30-24-43(34-58(52)67-60)41-20-26-46(27-21-41)65-54-16-8-4-12-48(54)49-13-5-9-17-55(49)65/h4-37H,1-3H3. The molecule has 0 radical (unpaired) electrons. The lowest BCUT2D eigenvalue weighted by Gasteiger charge is -2.34. The second-order valence-electron chi connectivity index (χ2n) is 18.6. The summed E-state index contributed by atoms with van der Waals surface area (Å²) in [5.41, 5.74) is 20.9. The number of aromatic nitrogens is 2. The number of nitrogens with zero attached hydrogens (tertiary/aromatic N) is 2. The summed E-state index contributed by atoms with van der Waals surface area (Å²) in [6.45, 7) is 6.50. The molecule has 0 saturated heterocycles. The van der Waals surface area contributed by atoms with E-state index in [0.717, 1.165) is 78.6 Å². The summed E-state index contributed by atoms with van der Waals surface area (Å²) < 4.78 is 18.8. The van der Waals surface area contributed by atoms with Gasteiger partial charge in [-0.25, -0.2) is 0 Å². The maximum Gasteiger partial charge on any atom is 0.260 e. The highest BCUT2D eigenvalue weighted by Gasteiger charge is 2.41. The van der Waals surface area contributed by atoms with Gasteiger partial charge in [-0.15, -0.1) is 0 Å². The van der Waals surface area contributed by atoms with Gasteiger partial charge in [0, 0.05) is 38.4 Å². The number of benzene rings is 10. The van der Waals surface area contributed by atoms with E-state index in [2.05, 4.69) is 236 Å². The average Bonchev–Trinajstić information content (AvgIpc) is 3.89. The summed E-state index contributed by atoms with van der Waals surface area (Å²) in [6, 6.07) is 75.0. The van der Waals surface area contributed by atoms with Crippen molar-refractivity contribution in [3.05, 3.63) is 223 Å². The first-order chi connectivity index (χ1) is 33.4. The fourth-order valence-electron chi connectivity index (χ4n) is 11.6. The number of aryl methyl sites for hydroxylation is 3. The van der Waals surface area contributed by atoms with Gasteiger partial charge in [0.15, 0.2) is 0 Å². The zero-order chi connectivity index (χ0) is 45.2. The Morgan fingerprint density at radius 3 is 1.09 bits per heavy atom. The highest BCUT2D eigenvalue weighted by molar-refractivity contribution is 6.98. The van der Waals surface area contributed by atoms with Crippen molar-refractivity contribution in [2.45, 2.75) is 20.8 Å². The Hall–Kier alpha value is -8.54. The number of fused-ring (bicyclic) bond motifs is 10. The number of hydrogen-bond acceptors (Lipinski definition) is 2. The second kappa shape index (κ2) is 14.7. The Labute approximate surface area is 395 Å². The van der Waals surface area contributed by atoms with Crippen LogP contribution < -0.4 is 25.9 Å². The highest BCUT2D eigenvalue weighted by atomic mass is 16.5. The van der Waals surface area contributed by atoms with Gasteiger partial charge < -0.3 is 18.6 Å². The van der Waals surface area contributed by atoms with Crippen LogP contribution >= 0.6 is 0 Å². The van der Waals surface area contributed by atoms with Crippen molar-refractivity contribution in [3.8, 4) is 67.8 Å². The number of ether oxygens (including phenoxy) is 2. The molecule has 0 amide bonds. The van der Waals surface area contributed by atoms with E-state index < -0.39 is 0 Å². The van der Waals surface area contributed by atoms with Gasteiger partial charge in [-0.1, -0.05) is 139 Å². The van der Waals surface area contributed by atoms with Crippen LogP contribution in [0.25, 0.3) is 88.4 Å². The third kappa shape index (κ3) is 5.82. The lowest BCUT2D eigenvalue weighted by atomic mass is 9.34. The summed E-state index contributed by atoms with van der Waals surface area (Å²) in [5.74, 6) is 3.40. The van der Waals surface area contributed by atoms with Gasteiger partial charge in [0.2, 0.25) is 0 Å². The number of para-hydroxylation sites is 4. The van der Waals surface area contributed by atoms with Crippen molar-refractivity contribution in [1.82, 2.24) is 9.13 Å². The first-order valence-electron chi connectivity index (χ1n) is 23.5. The lowest BCUT2D eigenvalue weighted by molar-refractivity contribution is 0.465. The van der Waals surface area contributed by atoms with Gasteiger partial charge in [0.25, 0.3) is 6.71 Å². The number of rotatable bonds is 5. The van der Waals surface area contributed by atoms with Crippen LogP contribution in [-0.4, -0.2) is 15.8 Å². The van der Waals surface area contributed by atoms with E-state index >= 15 is 0 Å². The largest absolute Gasteiger partial charge is 0.458 e. The van der Waals surface area contributed by atoms with Crippen LogP contribution in [0.1, 0.15) is 16.7 Å². The molecule has 0 fully saturated rings. The minimum Gasteiger partial charge on any atom is -0.458 e. The first-order valence-corrected chi connectivity index (χ1v) is 23.5. The van der Waals surface area contributed by atoms with Crippen molar-refractivity contribution in [3.63, 3.8) is 0 Å². The quantitative estimate of drug-likeness (QED) is 0.161. The molecular weight excluding hydrogens is 828 g/mol. The summed E-state index contributed by atoms with van der Waals surface area (Å²) >= 11 is 0. The molecular formula is C63H43BN2O2. The van der Waals surface area contributed by atoms with E-state index in [4.69, 9.17) is 9.47 Å². The SMILES string of the molecule is Cc1cc(C)c(-c2cc3c4c(c2)Oc2cc(-c5ccc(-n6c7ccccc7c7ccccc76)cc5)ccc2B4c2ccc(-c4ccc(-n5c6ccccc6c6ccccc65)cc4)cc2O3)c(C)c1. The predicted octanol–water partition coefficient (Wildman–Crippen LogP) is 14.5. The molecule has 68 heavy (non-hydrogen) atoms. The smallest absolute Gasteiger partial charge is 0.260 e. The topological polar surface area (TPSA) is 28.3 Å². The third-order valence-electron chi connectivity index (χ3n) is 14.5. The molecule has 14 rings (SSSR count). The predicted molar refractivity (Wildman–Crippen MR) is 283 cm³/mol. The van der Waals surface area contributed by atoms with Crippen LogP contribution in [0.4, 0.5) is 0 Å². The van der Waals surface area contributed by atoms with Gasteiger partial charge in [-0.05, 0) is 149 Å². The zero-order valence-electron chi connectivity index (χ0n) is 37.9. The summed E-state index contributed by atoms with van der Waals surface area (Å²) in [4.78, 5) is 0. The summed E-state index contributed by atoms with van der Waals surface area (Å²) in [7, 11) is 0. The van der Waals surface area contributed by atoms with Crippen LogP contribution in [0.5, 0.6) is 23.0 Å². The Balaban J connectivity index is 0.865. The van der Waals surface area contributed by atoms with E-state index in [1.54, 1.807) is 0 Å². The van der Waals surface area contributed by atoms with E-state index in [1.165, 1.54) is 65.9 Å². The molecule has 0 N–H and O–H groups in total. The molecule has 0 atom stereocenters. The molecule has 10 aromatic carbocycles. The lowest BCUT2D eigenvalue weighted by Crippen LogP contribution is -2.57. The van der Waals surface area contributed by atoms with E-state index in [0.29, 0.717) is 0 Å². The minimum atomic E-state index is -0.0692. The van der Waals surface area contributed by atoms with Gasteiger partial charge >= 0.3 is 0 Å². The fraction of sp³-hybridized carbons (Fsp3) is 0.0476. The second-order valence-corrected chi connectivity index (χ2v) is 18.6. The van der Waals surface area contributed by atoms with Crippen molar-refractivity contribution in [2.75, 3.05) is 0 Å². The summed E-state index contributed by atoms with van der Waals surface area (Å²) in [6.07, 6.45) is 0. The Kier molecular flexibility index (Phi) is 8.39. The molecule has 4 nitrogen and oxygen atoms in total. The van der Waals surface area contributed by atoms with Gasteiger partial charge in [-0.3, -0.25) is 0 Å². The first kappa shape index (κ1) is 38.7. The molecule has 0 spiro atoms. The molecule has 320 valence electrons. The molecule has 0 aliphatic carbocycles. The fourth-order valence-corrected chi connectivity index (χ4v) is 11.6. The van der Waals surface area contributed by atoms with Crippen LogP contribution in [0.2, 0.25) is 0 Å². The zero-order valence-corrected chi connectivity index (χ0v) is 37.9. The average molecular weight is 871 g/mol. The highest BCUT2D eigenvalue weighted by Crippen LogP contribution is 2.42. The maximum absolute atomic E-state index is 7.05. The van der Waals surface area contributed by atoms with Crippen LogP contribution in [0, 0.1) is 20.8 Å². The third-order valence-corrected chi connectivity index (χ3v) is 14.5. The molecule has 0 saturated carbocycles. The molecule has 2 aliphatic heterocycles. The molecule has 0 unspecified atom stereocenters. The van der Waals surface area contributed by atoms with Gasteiger partial charge in [0.1, 0.15) is 23.0 Å². The van der Waals surface area contributed by atoms with Crippen molar-refractivity contribution in [2.24, 2.45) is 0 Å². The van der Waals surface area contributed by atoms with Crippen LogP contribution in [-0.2, 0) is 0 Å². The Bertz CT molecular complexity index is 3700. The minimum absolute atomic E-state index is 0.0692. The van der Waals surface area contributed by atoms with Gasteiger partial charge in [-0.2, -0.15) is 0 Å². The molecule has 2 aromatic heterocycles. The normalized spacial score (nSPS) is 12.5. The molecule has 4 heterocycles.